The van der Waals surface area contributed by atoms with Gasteiger partial charge in [-0.2, -0.15) is 0 Å². The predicted molar refractivity (Wildman–Crippen MR) is 61.4 cm³/mol. The van der Waals surface area contributed by atoms with Crippen LogP contribution < -0.4 is 0 Å². The van der Waals surface area contributed by atoms with E-state index < -0.39 is 25.7 Å². The summed E-state index contributed by atoms with van der Waals surface area (Å²) in [5, 5.41) is 0. The SMILES string of the molecule is C=C(C)C(=O)OCCP(=O)(O)OC(=O)C(=C)C. The number of carbonyl (C=O) groups is 2. The Bertz CT molecular complexity index is 398. The molecular formula is C10H15O6P. The topological polar surface area (TPSA) is 89.9 Å². The quantitative estimate of drug-likeness (QED) is 0.442. The van der Waals surface area contributed by atoms with E-state index in [9.17, 15) is 19.0 Å². The maximum absolute atomic E-state index is 11.3. The molecule has 0 radical (unpaired) electrons. The summed E-state index contributed by atoms with van der Waals surface area (Å²) >= 11 is 0. The van der Waals surface area contributed by atoms with Crippen molar-refractivity contribution in [3.8, 4) is 0 Å². The normalized spacial score (nSPS) is 13.4. The van der Waals surface area contributed by atoms with Gasteiger partial charge < -0.3 is 14.2 Å². The highest BCUT2D eigenvalue weighted by molar-refractivity contribution is 7.53. The van der Waals surface area contributed by atoms with Crippen LogP contribution in [0.2, 0.25) is 0 Å². The Labute approximate surface area is 99.5 Å². The molecule has 0 spiro atoms. The van der Waals surface area contributed by atoms with Gasteiger partial charge in [-0.25, -0.2) is 14.2 Å². The summed E-state index contributed by atoms with van der Waals surface area (Å²) in [5.41, 5.74) is 0.190. The van der Waals surface area contributed by atoms with E-state index >= 15 is 0 Å². The first kappa shape index (κ1) is 15.6. The number of hydrogen-bond donors (Lipinski definition) is 1. The van der Waals surface area contributed by atoms with E-state index in [-0.39, 0.29) is 17.8 Å². The number of ether oxygens (including phenoxy) is 1. The molecule has 0 aromatic heterocycles. The molecule has 0 aromatic rings. The van der Waals surface area contributed by atoms with Crippen molar-refractivity contribution in [2.75, 3.05) is 12.8 Å². The lowest BCUT2D eigenvalue weighted by molar-refractivity contribution is -0.138. The maximum Gasteiger partial charge on any atom is 0.382 e. The van der Waals surface area contributed by atoms with Crippen molar-refractivity contribution in [2.45, 2.75) is 13.8 Å². The van der Waals surface area contributed by atoms with Crippen molar-refractivity contribution < 1.29 is 28.3 Å². The van der Waals surface area contributed by atoms with Gasteiger partial charge in [0.2, 0.25) is 0 Å². The summed E-state index contributed by atoms with van der Waals surface area (Å²) in [6, 6.07) is 0. The minimum atomic E-state index is -4.11. The van der Waals surface area contributed by atoms with Gasteiger partial charge in [0.1, 0.15) is 6.61 Å². The molecule has 0 bridgehead atoms. The summed E-state index contributed by atoms with van der Waals surface area (Å²) in [6.07, 6.45) is -0.467. The Hall–Kier alpha value is -1.39. The first-order chi connectivity index (χ1) is 7.65. The van der Waals surface area contributed by atoms with Crippen molar-refractivity contribution in [3.63, 3.8) is 0 Å². The first-order valence-electron chi connectivity index (χ1n) is 4.69. The molecule has 0 fully saturated rings. The molecule has 0 saturated carbocycles. The summed E-state index contributed by atoms with van der Waals surface area (Å²) < 4.78 is 20.2. The van der Waals surface area contributed by atoms with Crippen LogP contribution in [0.25, 0.3) is 0 Å². The smallest absolute Gasteiger partial charge is 0.382 e. The molecule has 17 heavy (non-hydrogen) atoms. The average Bonchev–Trinajstić information content (AvgIpc) is 2.15. The van der Waals surface area contributed by atoms with Crippen LogP contribution in [0.4, 0.5) is 0 Å². The summed E-state index contributed by atoms with van der Waals surface area (Å²) in [6.45, 7) is 9.07. The Morgan fingerprint density at radius 2 is 1.65 bits per heavy atom. The van der Waals surface area contributed by atoms with Gasteiger partial charge in [-0.15, -0.1) is 0 Å². The van der Waals surface area contributed by atoms with E-state index in [0.29, 0.717) is 0 Å². The fourth-order valence-corrected chi connectivity index (χ4v) is 1.46. The second-order valence-corrected chi connectivity index (χ2v) is 5.34. The van der Waals surface area contributed by atoms with Crippen LogP contribution in [0.1, 0.15) is 13.8 Å². The Balaban J connectivity index is 4.15. The van der Waals surface area contributed by atoms with E-state index in [1.165, 1.54) is 13.8 Å². The maximum atomic E-state index is 11.3. The van der Waals surface area contributed by atoms with Crippen molar-refractivity contribution in [2.24, 2.45) is 0 Å². The highest BCUT2D eigenvalue weighted by Crippen LogP contribution is 2.42. The molecule has 0 aliphatic carbocycles. The summed E-state index contributed by atoms with van der Waals surface area (Å²) in [5.74, 6) is -1.63. The van der Waals surface area contributed by atoms with Crippen LogP contribution in [0.15, 0.2) is 24.3 Å². The molecule has 1 atom stereocenters. The van der Waals surface area contributed by atoms with Crippen LogP contribution in [0, 0.1) is 0 Å². The van der Waals surface area contributed by atoms with Crippen LogP contribution >= 0.6 is 7.60 Å². The predicted octanol–water partition coefficient (Wildman–Crippen LogP) is 1.41. The van der Waals surface area contributed by atoms with Gasteiger partial charge in [-0.1, -0.05) is 13.2 Å². The van der Waals surface area contributed by atoms with Crippen LogP contribution in [0.5, 0.6) is 0 Å². The number of carbonyl (C=O) groups excluding carboxylic acids is 2. The Kier molecular flexibility index (Phi) is 5.85. The van der Waals surface area contributed by atoms with Crippen LogP contribution in [-0.4, -0.2) is 29.6 Å². The lowest BCUT2D eigenvalue weighted by Crippen LogP contribution is -2.12. The molecule has 0 aromatic carbocycles. The molecule has 0 aliphatic rings. The highest BCUT2D eigenvalue weighted by Gasteiger charge is 2.24. The molecule has 0 amide bonds. The second kappa shape index (κ2) is 6.37. The minimum absolute atomic E-state index is 0.0122. The number of esters is 1. The average molecular weight is 262 g/mol. The van der Waals surface area contributed by atoms with Gasteiger partial charge in [-0.3, -0.25) is 0 Å². The Morgan fingerprint density at radius 1 is 1.18 bits per heavy atom. The van der Waals surface area contributed by atoms with Crippen molar-refractivity contribution in [1.82, 2.24) is 0 Å². The molecule has 1 unspecified atom stereocenters. The lowest BCUT2D eigenvalue weighted by Gasteiger charge is -2.11. The fourth-order valence-electron chi connectivity index (χ4n) is 0.630. The largest absolute Gasteiger partial charge is 0.462 e. The third-order valence-electron chi connectivity index (χ3n) is 1.53. The second-order valence-electron chi connectivity index (χ2n) is 3.44. The van der Waals surface area contributed by atoms with Crippen molar-refractivity contribution >= 4 is 19.5 Å². The zero-order valence-electron chi connectivity index (χ0n) is 9.76. The number of rotatable bonds is 6. The van der Waals surface area contributed by atoms with Crippen molar-refractivity contribution in [3.05, 3.63) is 24.3 Å². The third kappa shape index (κ3) is 6.71. The zero-order chi connectivity index (χ0) is 13.6. The van der Waals surface area contributed by atoms with E-state index in [4.69, 9.17) is 0 Å². The first-order valence-corrected chi connectivity index (χ1v) is 6.46. The van der Waals surface area contributed by atoms with Crippen LogP contribution in [-0.2, 0) is 23.4 Å². The van der Waals surface area contributed by atoms with Gasteiger partial charge in [0, 0.05) is 11.1 Å². The summed E-state index contributed by atoms with van der Waals surface area (Å²) in [4.78, 5) is 31.2. The van der Waals surface area contributed by atoms with Gasteiger partial charge in [0.15, 0.2) is 0 Å². The van der Waals surface area contributed by atoms with Crippen molar-refractivity contribution in [1.29, 1.82) is 0 Å². The van der Waals surface area contributed by atoms with E-state index in [1.54, 1.807) is 0 Å². The van der Waals surface area contributed by atoms with E-state index in [0.717, 1.165) is 0 Å². The monoisotopic (exact) mass is 262 g/mol. The molecule has 1 N–H and O–H groups in total. The van der Waals surface area contributed by atoms with Crippen LogP contribution in [0.3, 0.4) is 0 Å². The molecule has 6 nitrogen and oxygen atoms in total. The minimum Gasteiger partial charge on any atom is -0.462 e. The highest BCUT2D eigenvalue weighted by atomic mass is 31.2. The van der Waals surface area contributed by atoms with Gasteiger partial charge in [-0.05, 0) is 13.8 Å². The van der Waals surface area contributed by atoms with E-state index in [2.05, 4.69) is 22.4 Å². The Morgan fingerprint density at radius 3 is 2.06 bits per heavy atom. The molecule has 96 valence electrons. The molecule has 0 rings (SSSR count). The molecule has 0 heterocycles. The fraction of sp³-hybridized carbons (Fsp3) is 0.400. The zero-order valence-corrected chi connectivity index (χ0v) is 10.7. The van der Waals surface area contributed by atoms with E-state index in [1.807, 2.05) is 0 Å². The van der Waals surface area contributed by atoms with Gasteiger partial charge in [0.05, 0.1) is 6.16 Å². The van der Waals surface area contributed by atoms with Gasteiger partial charge in [0.25, 0.3) is 0 Å². The molecule has 0 aliphatic heterocycles. The third-order valence-corrected chi connectivity index (χ3v) is 2.73. The molecule has 0 saturated heterocycles. The lowest BCUT2D eigenvalue weighted by atomic mass is 10.4. The standard InChI is InChI=1S/C10H15O6P/c1-7(2)9(11)15-5-6-17(13,14)16-10(12)8(3)4/h1,3,5-6H2,2,4H3,(H,13,14). The summed E-state index contributed by atoms with van der Waals surface area (Å²) in [7, 11) is -4.11. The molecule has 7 heteroatoms. The van der Waals surface area contributed by atoms with Gasteiger partial charge >= 0.3 is 19.5 Å². The molecular weight excluding hydrogens is 247 g/mol. The number of hydrogen-bond acceptors (Lipinski definition) is 5.